The molecule has 0 amide bonds. The second kappa shape index (κ2) is 9.03. The highest BCUT2D eigenvalue weighted by molar-refractivity contribution is 6.36. The molecule has 3 heterocycles. The summed E-state index contributed by atoms with van der Waals surface area (Å²) in [5.74, 6) is -0.521. The first kappa shape index (κ1) is 22.6. The number of benzene rings is 4. The summed E-state index contributed by atoms with van der Waals surface area (Å²) in [6, 6.07) is 37.6. The Morgan fingerprint density at radius 3 is 1.74 bits per heavy atom. The maximum Gasteiger partial charge on any atom is 0.397 e. The molecule has 0 fully saturated rings. The lowest BCUT2D eigenvalue weighted by molar-refractivity contribution is 0.420. The van der Waals surface area contributed by atoms with Crippen molar-refractivity contribution in [3.8, 4) is 22.4 Å². The number of hydrogen-bond donors (Lipinski definition) is 0. The lowest BCUT2D eigenvalue weighted by atomic mass is 9.93. The van der Waals surface area contributed by atoms with Gasteiger partial charge in [-0.25, -0.2) is 8.78 Å². The second-order valence-electron chi connectivity index (χ2n) is 9.48. The van der Waals surface area contributed by atoms with Gasteiger partial charge in [0.05, 0.1) is 11.7 Å². The summed E-state index contributed by atoms with van der Waals surface area (Å²) in [5, 5.41) is 0. The third-order valence-corrected chi connectivity index (χ3v) is 7.28. The largest absolute Gasteiger partial charge is 0.397 e. The Kier molecular flexibility index (Phi) is 5.36. The van der Waals surface area contributed by atoms with E-state index in [1.807, 2.05) is 144 Å². The molecule has 2 nitrogen and oxygen atoms in total. The fourth-order valence-electron chi connectivity index (χ4n) is 5.59. The molecule has 0 saturated carbocycles. The Labute approximate surface area is 221 Å². The van der Waals surface area contributed by atoms with E-state index in [1.165, 1.54) is 0 Å². The molecule has 2 aliphatic heterocycles. The Bertz CT molecular complexity index is 1690. The Morgan fingerprint density at radius 1 is 0.605 bits per heavy atom. The summed E-state index contributed by atoms with van der Waals surface area (Å²) >= 11 is 0. The quantitative estimate of drug-likeness (QED) is 0.229. The SMILES string of the molecule is FC1=C(c2ccccc2)C2=Cc3c(-c4ccccc4)c(F)c(-c4ccccc4)n3[B]N2C1c1ccccc1. The van der Waals surface area contributed by atoms with E-state index in [0.29, 0.717) is 28.2 Å². The minimum Gasteiger partial charge on any atom is -0.385 e. The topological polar surface area (TPSA) is 8.17 Å². The highest BCUT2D eigenvalue weighted by atomic mass is 19.1. The molecule has 1 atom stereocenters. The zero-order valence-corrected chi connectivity index (χ0v) is 20.4. The molecule has 1 aromatic heterocycles. The standard InChI is InChI=1S/C33H22BF2N2/c35-30-28(22-13-5-1-6-14-22)26-21-27-29(23-15-7-2-8-16-23)31(36)33(25-19-11-4-12-20-25)38(27)34-37(26)32(30)24-17-9-3-10-18-24/h1-21,32H. The normalized spacial score (nSPS) is 16.1. The van der Waals surface area contributed by atoms with Gasteiger partial charge in [-0.1, -0.05) is 121 Å². The fraction of sp³-hybridized carbons (Fsp3) is 0.0303. The summed E-state index contributed by atoms with van der Waals surface area (Å²) in [6.45, 7) is 0. The number of nitrogens with zero attached hydrogens (tertiary/aromatic N) is 2. The highest BCUT2D eigenvalue weighted by Gasteiger charge is 2.43. The smallest absolute Gasteiger partial charge is 0.385 e. The van der Waals surface area contributed by atoms with Crippen LogP contribution in [0.2, 0.25) is 0 Å². The fourth-order valence-corrected chi connectivity index (χ4v) is 5.59. The molecule has 0 bridgehead atoms. The van der Waals surface area contributed by atoms with E-state index in [0.717, 1.165) is 22.3 Å². The molecule has 181 valence electrons. The lowest BCUT2D eigenvalue weighted by Gasteiger charge is -2.33. The van der Waals surface area contributed by atoms with E-state index in [9.17, 15) is 0 Å². The molecular weight excluding hydrogens is 473 g/mol. The number of halogens is 2. The third-order valence-electron chi connectivity index (χ3n) is 7.28. The van der Waals surface area contributed by atoms with Gasteiger partial charge in [0.2, 0.25) is 0 Å². The van der Waals surface area contributed by atoms with Crippen LogP contribution < -0.4 is 0 Å². The first-order valence-corrected chi connectivity index (χ1v) is 12.6. The average molecular weight is 495 g/mol. The van der Waals surface area contributed by atoms with Crippen molar-refractivity contribution in [2.45, 2.75) is 6.04 Å². The van der Waals surface area contributed by atoms with Crippen LogP contribution in [-0.4, -0.2) is 16.8 Å². The molecule has 38 heavy (non-hydrogen) atoms. The van der Waals surface area contributed by atoms with E-state index in [1.54, 1.807) is 0 Å². The van der Waals surface area contributed by atoms with Crippen molar-refractivity contribution >= 4 is 19.2 Å². The average Bonchev–Trinajstić information content (AvgIpc) is 3.42. The van der Waals surface area contributed by atoms with Gasteiger partial charge in [-0.3, -0.25) is 0 Å². The molecule has 7 rings (SSSR count). The van der Waals surface area contributed by atoms with Gasteiger partial charge in [0.1, 0.15) is 5.83 Å². The van der Waals surface area contributed by atoms with Crippen LogP contribution in [0.5, 0.6) is 0 Å². The molecule has 1 unspecified atom stereocenters. The summed E-state index contributed by atoms with van der Waals surface area (Å²) in [4.78, 5) is 1.93. The Balaban J connectivity index is 1.51. The minimum atomic E-state index is -0.653. The van der Waals surface area contributed by atoms with Gasteiger partial charge in [-0.15, -0.1) is 0 Å². The van der Waals surface area contributed by atoms with Gasteiger partial charge in [0, 0.05) is 28.1 Å². The van der Waals surface area contributed by atoms with Gasteiger partial charge in [0.15, 0.2) is 5.82 Å². The first-order chi connectivity index (χ1) is 18.7. The van der Waals surface area contributed by atoms with E-state index >= 15 is 8.78 Å². The zero-order valence-electron chi connectivity index (χ0n) is 20.4. The van der Waals surface area contributed by atoms with Crippen LogP contribution >= 0.6 is 0 Å². The molecule has 5 aromatic rings. The first-order valence-electron chi connectivity index (χ1n) is 12.6. The van der Waals surface area contributed by atoms with Crippen molar-refractivity contribution < 1.29 is 8.78 Å². The molecule has 5 heteroatoms. The van der Waals surface area contributed by atoms with Crippen LogP contribution in [0.1, 0.15) is 22.9 Å². The molecule has 4 aromatic carbocycles. The number of hydrogen-bond acceptors (Lipinski definition) is 1. The van der Waals surface area contributed by atoms with E-state index in [-0.39, 0.29) is 11.6 Å². The summed E-state index contributed by atoms with van der Waals surface area (Å²) in [7, 11) is 1.86. The second-order valence-corrected chi connectivity index (χ2v) is 9.48. The monoisotopic (exact) mass is 495 g/mol. The summed E-state index contributed by atoms with van der Waals surface area (Å²) in [6.07, 6.45) is 1.93. The van der Waals surface area contributed by atoms with E-state index < -0.39 is 6.04 Å². The molecular formula is C33H22BF2N2. The maximum atomic E-state index is 16.5. The van der Waals surface area contributed by atoms with Gasteiger partial charge in [0.25, 0.3) is 0 Å². The number of allylic oxidation sites excluding steroid dienone is 1. The van der Waals surface area contributed by atoms with Crippen LogP contribution in [0.4, 0.5) is 8.78 Å². The van der Waals surface area contributed by atoms with Crippen molar-refractivity contribution in [1.82, 2.24) is 9.29 Å². The van der Waals surface area contributed by atoms with Crippen molar-refractivity contribution in [2.24, 2.45) is 0 Å². The van der Waals surface area contributed by atoms with Gasteiger partial charge in [-0.05, 0) is 22.8 Å². The van der Waals surface area contributed by atoms with Gasteiger partial charge in [-0.2, -0.15) is 0 Å². The van der Waals surface area contributed by atoms with Crippen LogP contribution in [0.25, 0.3) is 34.0 Å². The molecule has 0 saturated heterocycles. The minimum absolute atomic E-state index is 0.223. The molecule has 1 radical (unpaired) electrons. The molecule has 0 spiro atoms. The molecule has 2 aliphatic rings. The Hall–Kier alpha value is -4.64. The Morgan fingerprint density at radius 2 is 1.13 bits per heavy atom. The molecule has 0 N–H and O–H groups in total. The predicted octanol–water partition coefficient (Wildman–Crippen LogP) is 8.14. The van der Waals surface area contributed by atoms with E-state index in [4.69, 9.17) is 0 Å². The van der Waals surface area contributed by atoms with Gasteiger partial charge >= 0.3 is 7.55 Å². The van der Waals surface area contributed by atoms with Crippen LogP contribution in [-0.2, 0) is 0 Å². The third kappa shape index (κ3) is 3.46. The maximum absolute atomic E-state index is 16.5. The van der Waals surface area contributed by atoms with Crippen molar-refractivity contribution in [1.29, 1.82) is 0 Å². The predicted molar refractivity (Wildman–Crippen MR) is 150 cm³/mol. The van der Waals surface area contributed by atoms with Crippen LogP contribution in [0, 0.1) is 5.82 Å². The van der Waals surface area contributed by atoms with E-state index in [2.05, 4.69) is 0 Å². The van der Waals surface area contributed by atoms with Gasteiger partial charge < -0.3 is 9.29 Å². The highest BCUT2D eigenvalue weighted by Crippen LogP contribution is 2.51. The summed E-state index contributed by atoms with van der Waals surface area (Å²) < 4.78 is 34.8. The van der Waals surface area contributed by atoms with Crippen molar-refractivity contribution in [3.63, 3.8) is 0 Å². The molecule has 0 aliphatic carbocycles. The lowest BCUT2D eigenvalue weighted by Crippen LogP contribution is -2.36. The summed E-state index contributed by atoms with van der Waals surface area (Å²) in [5.41, 5.74) is 6.05. The zero-order chi connectivity index (χ0) is 25.6. The van der Waals surface area contributed by atoms with Crippen molar-refractivity contribution in [3.05, 3.63) is 155 Å². The van der Waals surface area contributed by atoms with Crippen LogP contribution in [0.3, 0.4) is 0 Å². The number of fused-ring (bicyclic) bond motifs is 2. The number of aromatic nitrogens is 1. The van der Waals surface area contributed by atoms with Crippen LogP contribution in [0.15, 0.2) is 133 Å². The van der Waals surface area contributed by atoms with Crippen molar-refractivity contribution in [2.75, 3.05) is 0 Å². The number of rotatable bonds is 4.